The molecule has 3 rings (SSSR count). The molecular formula is C22H18F2N2O4. The summed E-state index contributed by atoms with van der Waals surface area (Å²) in [4.78, 5) is 28.1. The molecule has 1 heterocycles. The van der Waals surface area contributed by atoms with E-state index in [0.29, 0.717) is 11.1 Å². The smallest absolute Gasteiger partial charge is 0.338 e. The topological polar surface area (TPSA) is 77.5 Å². The molecule has 6 nitrogen and oxygen atoms in total. The first-order chi connectivity index (χ1) is 14.4. The van der Waals surface area contributed by atoms with E-state index in [2.05, 4.69) is 10.3 Å². The molecule has 1 amide bonds. The van der Waals surface area contributed by atoms with Gasteiger partial charge < -0.3 is 14.8 Å². The number of aromatic nitrogens is 1. The average Bonchev–Trinajstić information content (AvgIpc) is 2.74. The van der Waals surface area contributed by atoms with Crippen molar-refractivity contribution in [1.29, 1.82) is 0 Å². The Morgan fingerprint density at radius 3 is 2.40 bits per heavy atom. The SMILES string of the molecule is COC(=O)c1ccc(CNC(=O)c2cc(F)cnc2Oc2ccc(F)cc2)cc1C. The van der Waals surface area contributed by atoms with Crippen LogP contribution in [0, 0.1) is 18.6 Å². The number of hydrogen-bond donors (Lipinski definition) is 1. The Kier molecular flexibility index (Phi) is 6.36. The molecular weight excluding hydrogens is 394 g/mol. The highest BCUT2D eigenvalue weighted by molar-refractivity contribution is 5.96. The summed E-state index contributed by atoms with van der Waals surface area (Å²) in [5.41, 5.74) is 1.75. The van der Waals surface area contributed by atoms with Crippen LogP contribution in [0.4, 0.5) is 8.78 Å². The Morgan fingerprint density at radius 2 is 1.73 bits per heavy atom. The summed E-state index contributed by atoms with van der Waals surface area (Å²) in [5, 5.41) is 2.67. The number of carbonyl (C=O) groups excluding carboxylic acids is 2. The number of carbonyl (C=O) groups is 2. The molecule has 0 aliphatic heterocycles. The van der Waals surface area contributed by atoms with E-state index in [0.717, 1.165) is 17.8 Å². The zero-order chi connectivity index (χ0) is 21.7. The normalized spacial score (nSPS) is 10.4. The van der Waals surface area contributed by atoms with E-state index in [1.54, 1.807) is 25.1 Å². The van der Waals surface area contributed by atoms with Gasteiger partial charge in [-0.15, -0.1) is 0 Å². The third-order valence-electron chi connectivity index (χ3n) is 4.24. The van der Waals surface area contributed by atoms with Gasteiger partial charge in [0.15, 0.2) is 0 Å². The van der Waals surface area contributed by atoms with Crippen molar-refractivity contribution in [2.45, 2.75) is 13.5 Å². The molecule has 0 radical (unpaired) electrons. The number of methoxy groups -OCH3 is 1. The number of hydrogen-bond acceptors (Lipinski definition) is 5. The van der Waals surface area contributed by atoms with Crippen LogP contribution in [0.2, 0.25) is 0 Å². The van der Waals surface area contributed by atoms with Gasteiger partial charge in [-0.1, -0.05) is 12.1 Å². The molecule has 0 spiro atoms. The van der Waals surface area contributed by atoms with Crippen molar-refractivity contribution < 1.29 is 27.8 Å². The van der Waals surface area contributed by atoms with E-state index >= 15 is 0 Å². The van der Waals surface area contributed by atoms with Gasteiger partial charge in [-0.25, -0.2) is 18.6 Å². The fourth-order valence-electron chi connectivity index (χ4n) is 2.74. The van der Waals surface area contributed by atoms with Crippen molar-refractivity contribution in [3.8, 4) is 11.6 Å². The van der Waals surface area contributed by atoms with Crippen molar-refractivity contribution in [3.05, 3.63) is 88.6 Å². The minimum Gasteiger partial charge on any atom is -0.465 e. The second kappa shape index (κ2) is 9.13. The van der Waals surface area contributed by atoms with Crippen molar-refractivity contribution in [1.82, 2.24) is 10.3 Å². The molecule has 8 heteroatoms. The first-order valence-corrected chi connectivity index (χ1v) is 8.92. The first-order valence-electron chi connectivity index (χ1n) is 8.92. The van der Waals surface area contributed by atoms with Crippen molar-refractivity contribution in [2.24, 2.45) is 0 Å². The second-order valence-corrected chi connectivity index (χ2v) is 6.39. The van der Waals surface area contributed by atoms with Crippen LogP contribution in [0.15, 0.2) is 54.7 Å². The molecule has 0 unspecified atom stereocenters. The van der Waals surface area contributed by atoms with Crippen LogP contribution in [-0.2, 0) is 11.3 Å². The maximum atomic E-state index is 13.7. The van der Waals surface area contributed by atoms with Gasteiger partial charge in [0.2, 0.25) is 5.88 Å². The van der Waals surface area contributed by atoms with Crippen LogP contribution in [-0.4, -0.2) is 24.0 Å². The maximum Gasteiger partial charge on any atom is 0.338 e. The molecule has 2 aromatic carbocycles. The Bertz CT molecular complexity index is 1080. The number of esters is 1. The quantitative estimate of drug-likeness (QED) is 0.615. The lowest BCUT2D eigenvalue weighted by Crippen LogP contribution is -2.24. The molecule has 0 saturated carbocycles. The van der Waals surface area contributed by atoms with Crippen LogP contribution >= 0.6 is 0 Å². The summed E-state index contributed by atoms with van der Waals surface area (Å²) < 4.78 is 36.9. The highest BCUT2D eigenvalue weighted by Gasteiger charge is 2.17. The van der Waals surface area contributed by atoms with Crippen molar-refractivity contribution in [2.75, 3.05) is 7.11 Å². The van der Waals surface area contributed by atoms with Crippen molar-refractivity contribution in [3.63, 3.8) is 0 Å². The second-order valence-electron chi connectivity index (χ2n) is 6.39. The highest BCUT2D eigenvalue weighted by atomic mass is 19.1. The number of ether oxygens (including phenoxy) is 2. The average molecular weight is 412 g/mol. The molecule has 1 N–H and O–H groups in total. The van der Waals surface area contributed by atoms with Gasteiger partial charge in [-0.05, 0) is 54.4 Å². The fourth-order valence-corrected chi connectivity index (χ4v) is 2.74. The summed E-state index contributed by atoms with van der Waals surface area (Å²) in [6.45, 7) is 1.89. The summed E-state index contributed by atoms with van der Waals surface area (Å²) in [7, 11) is 1.30. The minimum atomic E-state index is -0.704. The van der Waals surface area contributed by atoms with Gasteiger partial charge in [-0.3, -0.25) is 4.79 Å². The van der Waals surface area contributed by atoms with Gasteiger partial charge in [0.1, 0.15) is 22.9 Å². The van der Waals surface area contributed by atoms with E-state index in [4.69, 9.17) is 9.47 Å². The number of aryl methyl sites for hydroxylation is 1. The summed E-state index contributed by atoms with van der Waals surface area (Å²) in [5.74, 6) is -2.06. The number of nitrogens with zero attached hydrogens (tertiary/aromatic N) is 1. The Labute approximate surface area is 171 Å². The number of nitrogens with one attached hydrogen (secondary N) is 1. The molecule has 0 saturated heterocycles. The fraction of sp³-hybridized carbons (Fsp3) is 0.136. The van der Waals surface area contributed by atoms with Crippen LogP contribution in [0.3, 0.4) is 0 Å². The highest BCUT2D eigenvalue weighted by Crippen LogP contribution is 2.24. The monoisotopic (exact) mass is 412 g/mol. The molecule has 0 fully saturated rings. The zero-order valence-electron chi connectivity index (χ0n) is 16.2. The molecule has 154 valence electrons. The van der Waals surface area contributed by atoms with E-state index in [9.17, 15) is 18.4 Å². The van der Waals surface area contributed by atoms with E-state index in [-0.39, 0.29) is 23.7 Å². The molecule has 0 atom stereocenters. The van der Waals surface area contributed by atoms with Crippen LogP contribution in [0.1, 0.15) is 31.8 Å². The van der Waals surface area contributed by atoms with E-state index < -0.39 is 23.5 Å². The lowest BCUT2D eigenvalue weighted by Gasteiger charge is -2.12. The number of rotatable bonds is 6. The van der Waals surface area contributed by atoms with E-state index in [1.807, 2.05) is 0 Å². The maximum absolute atomic E-state index is 13.7. The van der Waals surface area contributed by atoms with E-state index in [1.165, 1.54) is 31.4 Å². The van der Waals surface area contributed by atoms with Crippen LogP contribution < -0.4 is 10.1 Å². The predicted octanol–water partition coefficient (Wildman–Crippen LogP) is 4.18. The number of halogens is 2. The Balaban J connectivity index is 1.75. The van der Waals surface area contributed by atoms with Gasteiger partial charge >= 0.3 is 5.97 Å². The largest absolute Gasteiger partial charge is 0.465 e. The van der Waals surface area contributed by atoms with Gasteiger partial charge in [-0.2, -0.15) is 0 Å². The molecule has 0 aliphatic rings. The number of amides is 1. The third-order valence-corrected chi connectivity index (χ3v) is 4.24. The van der Waals surface area contributed by atoms with Crippen LogP contribution in [0.25, 0.3) is 0 Å². The standard InChI is InChI=1S/C22H18F2N2O4/c1-13-9-14(3-8-18(13)22(28)29-2)11-25-20(27)19-10-16(24)12-26-21(19)30-17-6-4-15(23)5-7-17/h3-10,12H,11H2,1-2H3,(H,25,27). The third kappa shape index (κ3) is 4.96. The molecule has 3 aromatic rings. The summed E-state index contributed by atoms with van der Waals surface area (Å²) in [6.07, 6.45) is 0.921. The first kappa shape index (κ1) is 20.9. The van der Waals surface area contributed by atoms with Gasteiger partial charge in [0.25, 0.3) is 5.91 Å². The molecule has 0 aliphatic carbocycles. The van der Waals surface area contributed by atoms with Gasteiger partial charge in [0.05, 0.1) is 18.9 Å². The molecule has 30 heavy (non-hydrogen) atoms. The summed E-state index contributed by atoms with van der Waals surface area (Å²) >= 11 is 0. The molecule has 0 bridgehead atoms. The van der Waals surface area contributed by atoms with Crippen molar-refractivity contribution >= 4 is 11.9 Å². The van der Waals surface area contributed by atoms with Crippen LogP contribution in [0.5, 0.6) is 11.6 Å². The lowest BCUT2D eigenvalue weighted by atomic mass is 10.1. The predicted molar refractivity (Wildman–Crippen MR) is 104 cm³/mol. The number of benzene rings is 2. The zero-order valence-corrected chi connectivity index (χ0v) is 16.2. The Hall–Kier alpha value is -3.81. The number of pyridine rings is 1. The summed E-state index contributed by atoms with van der Waals surface area (Å²) in [6, 6.07) is 11.2. The van der Waals surface area contributed by atoms with Gasteiger partial charge in [0, 0.05) is 6.54 Å². The Morgan fingerprint density at radius 1 is 1.00 bits per heavy atom. The lowest BCUT2D eigenvalue weighted by molar-refractivity contribution is 0.0599. The minimum absolute atomic E-state index is 0.109. The molecule has 1 aromatic heterocycles.